The van der Waals surface area contributed by atoms with Gasteiger partial charge in [-0.15, -0.1) is 0 Å². The van der Waals surface area contributed by atoms with Gasteiger partial charge in [-0.05, 0) is 385 Å². The van der Waals surface area contributed by atoms with Crippen molar-refractivity contribution in [3.63, 3.8) is 0 Å². The Morgan fingerprint density at radius 2 is 0.747 bits per heavy atom. The number of imidazole rings is 3. The molecule has 2 aliphatic rings. The molecule has 0 N–H and O–H groups in total. The van der Waals surface area contributed by atoms with Gasteiger partial charge < -0.3 is 28.4 Å². The summed E-state index contributed by atoms with van der Waals surface area (Å²) in [6, 6.07) is 69.1. The van der Waals surface area contributed by atoms with Crippen LogP contribution in [0, 0.1) is 27.7 Å². The number of hydrogen-bond donors (Lipinski definition) is 0. The number of pyridine rings is 6. The molecular formula is C123H120Cl3N9O11. The smallest absolute Gasteiger partial charge is 0.255 e. The Morgan fingerprint density at radius 1 is 0.377 bits per heavy atom. The lowest BCUT2D eigenvalue weighted by Gasteiger charge is -2.30. The Kier molecular flexibility index (Phi) is 28.3. The van der Waals surface area contributed by atoms with E-state index in [1.165, 1.54) is 11.1 Å². The Balaban J connectivity index is 0.000000129. The average molecular weight is 2010 g/mol. The van der Waals surface area contributed by atoms with Crippen molar-refractivity contribution >= 4 is 140 Å². The molecule has 0 spiro atoms. The van der Waals surface area contributed by atoms with E-state index in [1.807, 2.05) is 231 Å². The quantitative estimate of drug-likeness (QED) is 0.0734. The maximum Gasteiger partial charge on any atom is 0.255 e. The van der Waals surface area contributed by atoms with Crippen LogP contribution >= 0.6 is 34.8 Å². The lowest BCUT2D eigenvalue weighted by molar-refractivity contribution is -0.139. The van der Waals surface area contributed by atoms with Crippen molar-refractivity contribution in [2.24, 2.45) is 0 Å². The summed E-state index contributed by atoms with van der Waals surface area (Å²) < 4.78 is 45.7. The van der Waals surface area contributed by atoms with Crippen molar-refractivity contribution in [1.29, 1.82) is 0 Å². The third kappa shape index (κ3) is 20.6. The van der Waals surface area contributed by atoms with Crippen LogP contribution in [0.5, 0.6) is 11.5 Å². The molecule has 0 saturated carbocycles. The molecular weight excluding hydrogens is 1890 g/mol. The Hall–Kier alpha value is -13.9. The van der Waals surface area contributed by atoms with Gasteiger partial charge in [-0.3, -0.25) is 51.7 Å². The van der Waals surface area contributed by atoms with E-state index in [0.717, 1.165) is 213 Å². The molecule has 2 aliphatic heterocycles. The number of nitrogens with zero attached hydrogens (tertiary/aromatic N) is 9. The van der Waals surface area contributed by atoms with Crippen LogP contribution < -0.4 is 15.0 Å². The van der Waals surface area contributed by atoms with Gasteiger partial charge in [0, 0.05) is 126 Å². The largest absolute Gasteiger partial charge is 0.493 e. The number of hydrogen-bond acceptors (Lipinski definition) is 16. The van der Waals surface area contributed by atoms with Crippen molar-refractivity contribution in [3.05, 3.63) is 336 Å². The Morgan fingerprint density at radius 3 is 1.16 bits per heavy atom. The predicted molar refractivity (Wildman–Crippen MR) is 589 cm³/mol. The molecule has 11 heterocycles. The lowest BCUT2D eigenvalue weighted by atomic mass is 9.85. The van der Waals surface area contributed by atoms with E-state index in [2.05, 4.69) is 137 Å². The highest BCUT2D eigenvalue weighted by Gasteiger charge is 2.38. The van der Waals surface area contributed by atoms with Gasteiger partial charge in [-0.25, -0.2) is 15.0 Å². The Labute approximate surface area is 865 Å². The third-order valence-electron chi connectivity index (χ3n) is 26.5. The molecule has 0 fully saturated rings. The maximum atomic E-state index is 13.3. The van der Waals surface area contributed by atoms with Crippen LogP contribution in [-0.2, 0) is 51.0 Å². The fraction of sp³-hybridized carbons (Fsp3) is 0.285. The summed E-state index contributed by atoms with van der Waals surface area (Å²) in [7, 11) is 0. The van der Waals surface area contributed by atoms with Gasteiger partial charge in [0.15, 0.2) is 23.1 Å². The van der Waals surface area contributed by atoms with Gasteiger partial charge in [-0.2, -0.15) is 0 Å². The first-order valence-corrected chi connectivity index (χ1v) is 50.6. The van der Waals surface area contributed by atoms with Crippen molar-refractivity contribution in [1.82, 2.24) is 42.7 Å². The molecule has 146 heavy (non-hydrogen) atoms. The molecule has 4 atom stereocenters. The lowest BCUT2D eigenvalue weighted by Crippen LogP contribution is -2.27. The third-order valence-corrected chi connectivity index (χ3v) is 27.2. The SMILES string of the molecule is CC(=O)[C@@H](OC(C)(C)C)c1c(C)cc2c(ccc(=O)n2-c2ccc(Cl)cc2)c1-c1ccc(Cl)cc1.CC(=O)[C@@H](OC(C)(C)C)c1c(C)cc2c(ccc3nc(-c4ccccc4)cn32)c1-c1ccc2c3c(ccnc13)CCO2.CC(=O)[C@@H](OC(C)(C)C)c1c(C)cc2c(ccc3nc(C(C)C)cn32)c1-c1ccc2c3c(ccnc13)CCO2.CC(=O)[C@@H](OC(C)(C)C)c1c(C)cc2c(ccc3nccn32)c1-c1ccc(Cl)cc1. The van der Waals surface area contributed by atoms with Crippen LogP contribution in [0.25, 0.3) is 144 Å². The minimum Gasteiger partial charge on any atom is -0.493 e. The van der Waals surface area contributed by atoms with E-state index in [4.69, 9.17) is 83.2 Å². The number of Topliss-reactive ketones (excluding diaryl/α,β-unsaturated/α-hetero) is 4. The van der Waals surface area contributed by atoms with Crippen molar-refractivity contribution in [2.45, 2.75) is 218 Å². The van der Waals surface area contributed by atoms with Gasteiger partial charge in [0.1, 0.15) is 52.9 Å². The van der Waals surface area contributed by atoms with Crippen molar-refractivity contribution in [3.8, 4) is 73.0 Å². The van der Waals surface area contributed by atoms with Crippen LogP contribution in [0.2, 0.25) is 15.1 Å². The number of carbonyl (C=O) groups is 4. The number of rotatable bonds is 19. The van der Waals surface area contributed by atoms with E-state index < -0.39 is 46.8 Å². The number of benzene rings is 10. The molecule has 0 aliphatic carbocycles. The summed E-state index contributed by atoms with van der Waals surface area (Å²) in [5, 5.41) is 7.84. The number of ether oxygens (including phenoxy) is 6. The molecule has 21 rings (SSSR count). The first-order chi connectivity index (χ1) is 69.3. The van der Waals surface area contributed by atoms with Crippen LogP contribution in [0.4, 0.5) is 0 Å². The van der Waals surface area contributed by atoms with E-state index in [9.17, 15) is 24.0 Å². The zero-order valence-electron chi connectivity index (χ0n) is 86.5. The molecule has 23 heteroatoms. The number of aryl methyl sites for hydroxylation is 4. The van der Waals surface area contributed by atoms with E-state index in [0.29, 0.717) is 39.9 Å². The van der Waals surface area contributed by atoms with Crippen molar-refractivity contribution < 1.29 is 47.6 Å². The van der Waals surface area contributed by atoms with Gasteiger partial charge in [0.25, 0.3) is 5.56 Å². The highest BCUT2D eigenvalue weighted by atomic mass is 35.5. The summed E-state index contributed by atoms with van der Waals surface area (Å²) in [6.45, 7) is 43.7. The fourth-order valence-electron chi connectivity index (χ4n) is 20.3. The molecule has 0 saturated heterocycles. The zero-order chi connectivity index (χ0) is 104. The van der Waals surface area contributed by atoms with Crippen LogP contribution in [0.15, 0.2) is 254 Å². The first-order valence-electron chi connectivity index (χ1n) is 49.5. The van der Waals surface area contributed by atoms with Crippen molar-refractivity contribution in [2.75, 3.05) is 13.2 Å². The van der Waals surface area contributed by atoms with Crippen LogP contribution in [0.3, 0.4) is 0 Å². The molecule has 19 aromatic rings. The van der Waals surface area contributed by atoms with Gasteiger partial charge in [0.05, 0.1) is 80.1 Å². The molecule has 0 unspecified atom stereocenters. The zero-order valence-corrected chi connectivity index (χ0v) is 88.8. The fourth-order valence-corrected chi connectivity index (χ4v) is 20.7. The molecule has 20 nitrogen and oxygen atoms in total. The number of carbonyl (C=O) groups excluding carboxylic acids is 4. The predicted octanol–water partition coefficient (Wildman–Crippen LogP) is 29.9. The standard InChI is InChI=1S/C36H33N3O3.C33H35N3O3.C29H27Cl2NO3.C25H25ClN2O2/c1-21-19-28-25(12-14-30-38-27(20-39(28)30)23-9-7-6-8-10-23)33(31(21)35(22(2)40)42-36(3,4)5)26-11-13-29-32-24(16-18-41-29)15-17-37-34(26)32;1-18(2)24-17-36-25-16-19(3)28(32(20(4)37)39-33(5,6)7)30(22(25)9-11-27(36)35-24)23-8-10-26-29-21(13-15-38-26)12-14-34-31(23)29;1-17-16-24-23(14-15-25(34)32(24)22-12-10-21(31)11-13-22)27(19-6-8-20(30)9-7-19)26(17)28(18(2)33)35-29(3,4)5;1-15-14-20-19(10-11-21-27-12-13-28(20)21)23(17-6-8-18(26)9-7-17)22(15)24(16(2)29)30-25(3,4)5/h6-15,17,19-20,35H,16,18H2,1-5H3;8-12,14,16-18,32H,13,15H2,1-7H3;6-16,28H,1-5H3;6-14,24H,1-5H3/t35-;32-;28-;24-/m1111/s1. The minimum absolute atomic E-state index is 0.0219. The van der Waals surface area contributed by atoms with E-state index >= 15 is 0 Å². The topological polar surface area (TPSA) is 223 Å². The van der Waals surface area contributed by atoms with Crippen LogP contribution in [-0.4, -0.2) is 101 Å². The summed E-state index contributed by atoms with van der Waals surface area (Å²) in [5.74, 6) is 1.83. The summed E-state index contributed by atoms with van der Waals surface area (Å²) in [4.78, 5) is 89.3. The molecule has 0 bridgehead atoms. The second-order valence-corrected chi connectivity index (χ2v) is 43.6. The van der Waals surface area contributed by atoms with Gasteiger partial charge in [-0.1, -0.05) is 103 Å². The summed E-state index contributed by atoms with van der Waals surface area (Å²) >= 11 is 18.4. The van der Waals surface area contributed by atoms with E-state index in [1.54, 1.807) is 56.7 Å². The minimum atomic E-state index is -0.777. The normalized spacial score (nSPS) is 13.6. The monoisotopic (exact) mass is 2000 g/mol. The highest BCUT2D eigenvalue weighted by Crippen LogP contribution is 2.51. The number of fused-ring (bicyclic) bond motifs is 10. The molecule has 0 radical (unpaired) electrons. The second kappa shape index (κ2) is 40.5. The van der Waals surface area contributed by atoms with Gasteiger partial charge >= 0.3 is 0 Å². The summed E-state index contributed by atoms with van der Waals surface area (Å²) in [5.41, 5.74) is 26.9. The summed E-state index contributed by atoms with van der Waals surface area (Å²) in [6.07, 6.45) is 10.5. The number of aromatic nitrogens is 9. The molecule has 10 aromatic carbocycles. The highest BCUT2D eigenvalue weighted by molar-refractivity contribution is 6.31. The average Bonchev–Trinajstić information content (AvgIpc) is 1.62. The van der Waals surface area contributed by atoms with E-state index in [-0.39, 0.29) is 28.7 Å². The number of halogens is 3. The molecule has 0 amide bonds. The van der Waals surface area contributed by atoms with Crippen LogP contribution in [0.1, 0.15) is 216 Å². The maximum absolute atomic E-state index is 13.3. The molecule has 9 aromatic heterocycles. The Bertz CT molecular complexity index is 8450. The molecule has 744 valence electrons. The first kappa shape index (κ1) is 102. The second-order valence-electron chi connectivity index (χ2n) is 42.3. The van der Waals surface area contributed by atoms with Gasteiger partial charge in [0.2, 0.25) is 0 Å². The number of ketones is 4.